The van der Waals surface area contributed by atoms with Crippen LogP contribution in [0.25, 0.3) is 0 Å². The average Bonchev–Trinajstić information content (AvgIpc) is 3.34. The molecule has 2 aliphatic rings. The fraction of sp³-hybridized carbons (Fsp3) is 0.667. The second-order valence-electron chi connectivity index (χ2n) is 5.92. The van der Waals surface area contributed by atoms with E-state index in [9.17, 15) is 4.79 Å². The topological polar surface area (TPSA) is 73.6 Å². The summed E-state index contributed by atoms with van der Waals surface area (Å²) in [7, 11) is 1.58. The first-order chi connectivity index (χ1) is 10.1. The summed E-state index contributed by atoms with van der Waals surface area (Å²) in [5, 5.41) is 4.29. The number of esters is 1. The molecule has 2 aliphatic carbocycles. The van der Waals surface area contributed by atoms with Crippen molar-refractivity contribution in [1.82, 2.24) is 0 Å². The van der Waals surface area contributed by atoms with Crippen LogP contribution in [0, 0.1) is 11.3 Å². The third-order valence-electron chi connectivity index (χ3n) is 4.50. The number of carbonyl (C=O) groups is 1. The van der Waals surface area contributed by atoms with Gasteiger partial charge in [0.05, 0.1) is 13.7 Å². The standard InChI is InChI=1S/C15H22N2O3S/c1-3-20-14(18)12-10(16)11(19-2)13(21-12)17-8-15(6-7-15)9-4-5-9/h9,17H,3-8,16H2,1-2H3. The van der Waals surface area contributed by atoms with Crippen LogP contribution in [-0.2, 0) is 4.74 Å². The van der Waals surface area contributed by atoms with Crippen molar-refractivity contribution in [2.75, 3.05) is 31.3 Å². The number of carbonyl (C=O) groups excluding carboxylic acids is 1. The van der Waals surface area contributed by atoms with Crippen molar-refractivity contribution in [2.45, 2.75) is 32.6 Å². The molecule has 0 saturated heterocycles. The van der Waals surface area contributed by atoms with Gasteiger partial charge in [0.2, 0.25) is 0 Å². The quantitative estimate of drug-likeness (QED) is 0.757. The number of nitrogen functional groups attached to an aromatic ring is 1. The fourth-order valence-corrected chi connectivity index (χ4v) is 3.92. The molecule has 3 N–H and O–H groups in total. The molecule has 1 heterocycles. The van der Waals surface area contributed by atoms with Crippen molar-refractivity contribution in [3.05, 3.63) is 4.88 Å². The molecule has 116 valence electrons. The molecule has 3 rings (SSSR count). The highest BCUT2D eigenvalue weighted by Crippen LogP contribution is 2.61. The number of nitrogens with one attached hydrogen (secondary N) is 1. The van der Waals surface area contributed by atoms with Crippen molar-refractivity contribution < 1.29 is 14.3 Å². The van der Waals surface area contributed by atoms with E-state index in [1.54, 1.807) is 14.0 Å². The zero-order valence-electron chi connectivity index (χ0n) is 12.5. The van der Waals surface area contributed by atoms with Gasteiger partial charge < -0.3 is 20.5 Å². The summed E-state index contributed by atoms with van der Waals surface area (Å²) in [5.41, 5.74) is 6.87. The minimum Gasteiger partial charge on any atom is -0.492 e. The second kappa shape index (κ2) is 5.40. The second-order valence-corrected chi connectivity index (χ2v) is 6.94. The number of rotatable bonds is 7. The summed E-state index contributed by atoms with van der Waals surface area (Å²) < 4.78 is 10.4. The molecule has 0 bridgehead atoms. The number of ether oxygens (including phenoxy) is 2. The molecule has 0 amide bonds. The lowest BCUT2D eigenvalue weighted by Crippen LogP contribution is -2.17. The SMILES string of the molecule is CCOC(=O)c1sc(NCC2(C3CC3)CC2)c(OC)c1N. The molecule has 0 aliphatic heterocycles. The molecule has 5 nitrogen and oxygen atoms in total. The maximum atomic E-state index is 11.9. The molecule has 0 spiro atoms. The molecular formula is C15H22N2O3S. The molecule has 1 aromatic heterocycles. The Morgan fingerprint density at radius 1 is 1.48 bits per heavy atom. The maximum absolute atomic E-state index is 11.9. The summed E-state index contributed by atoms with van der Waals surface area (Å²) in [6.45, 7) is 3.06. The predicted octanol–water partition coefficient (Wildman–Crippen LogP) is 3.12. The van der Waals surface area contributed by atoms with Gasteiger partial charge in [0, 0.05) is 6.54 Å². The van der Waals surface area contributed by atoms with Gasteiger partial charge in [-0.05, 0) is 43.9 Å². The maximum Gasteiger partial charge on any atom is 0.350 e. The van der Waals surface area contributed by atoms with Gasteiger partial charge in [0.1, 0.15) is 15.6 Å². The Hall–Kier alpha value is -1.43. The van der Waals surface area contributed by atoms with E-state index in [-0.39, 0.29) is 5.97 Å². The Balaban J connectivity index is 1.74. The number of hydrogen-bond acceptors (Lipinski definition) is 6. The van der Waals surface area contributed by atoms with E-state index < -0.39 is 0 Å². The van der Waals surface area contributed by atoms with Gasteiger partial charge in [-0.25, -0.2) is 4.79 Å². The molecule has 0 aromatic carbocycles. The first kappa shape index (κ1) is 14.5. The smallest absolute Gasteiger partial charge is 0.350 e. The van der Waals surface area contributed by atoms with Crippen molar-refractivity contribution in [2.24, 2.45) is 11.3 Å². The van der Waals surface area contributed by atoms with Crippen LogP contribution < -0.4 is 15.8 Å². The molecule has 21 heavy (non-hydrogen) atoms. The van der Waals surface area contributed by atoms with E-state index in [1.807, 2.05) is 0 Å². The van der Waals surface area contributed by atoms with Crippen LogP contribution in [0.5, 0.6) is 5.75 Å². The Kier molecular flexibility index (Phi) is 3.73. The number of methoxy groups -OCH3 is 1. The van der Waals surface area contributed by atoms with Crippen LogP contribution in [0.4, 0.5) is 10.7 Å². The monoisotopic (exact) mass is 310 g/mol. The van der Waals surface area contributed by atoms with Crippen LogP contribution in [0.2, 0.25) is 0 Å². The average molecular weight is 310 g/mol. The lowest BCUT2D eigenvalue weighted by atomic mass is 10.0. The number of thiophene rings is 1. The van der Waals surface area contributed by atoms with Crippen molar-refractivity contribution in [1.29, 1.82) is 0 Å². The summed E-state index contributed by atoms with van der Waals surface area (Å²) in [4.78, 5) is 12.3. The van der Waals surface area contributed by atoms with Crippen LogP contribution in [0.3, 0.4) is 0 Å². The molecule has 2 fully saturated rings. The molecule has 0 unspecified atom stereocenters. The molecular weight excluding hydrogens is 288 g/mol. The van der Waals surface area contributed by atoms with E-state index in [1.165, 1.54) is 37.0 Å². The highest BCUT2D eigenvalue weighted by molar-refractivity contribution is 7.19. The normalized spacial score (nSPS) is 19.1. The van der Waals surface area contributed by atoms with E-state index in [2.05, 4.69) is 5.32 Å². The number of anilines is 2. The highest BCUT2D eigenvalue weighted by atomic mass is 32.1. The Morgan fingerprint density at radius 3 is 2.71 bits per heavy atom. The van der Waals surface area contributed by atoms with Gasteiger partial charge in [-0.1, -0.05) is 0 Å². The molecule has 1 aromatic rings. The fourth-order valence-electron chi connectivity index (χ4n) is 2.94. The Bertz CT molecular complexity index is 547. The highest BCUT2D eigenvalue weighted by Gasteiger charge is 2.53. The van der Waals surface area contributed by atoms with Crippen molar-refractivity contribution in [3.8, 4) is 5.75 Å². The van der Waals surface area contributed by atoms with Crippen LogP contribution in [-0.4, -0.2) is 26.2 Å². The minimum absolute atomic E-state index is 0.339. The molecule has 0 atom stereocenters. The Morgan fingerprint density at radius 2 is 2.19 bits per heavy atom. The summed E-state index contributed by atoms with van der Waals surface area (Å²) in [5.74, 6) is 1.07. The van der Waals surface area contributed by atoms with Crippen LogP contribution >= 0.6 is 11.3 Å². The third-order valence-corrected chi connectivity index (χ3v) is 5.63. The van der Waals surface area contributed by atoms with E-state index in [4.69, 9.17) is 15.2 Å². The van der Waals surface area contributed by atoms with Crippen molar-refractivity contribution >= 4 is 28.0 Å². The summed E-state index contributed by atoms with van der Waals surface area (Å²) >= 11 is 1.32. The van der Waals surface area contributed by atoms with Gasteiger partial charge in [-0.15, -0.1) is 11.3 Å². The van der Waals surface area contributed by atoms with Gasteiger partial charge in [-0.2, -0.15) is 0 Å². The van der Waals surface area contributed by atoms with Crippen LogP contribution in [0.15, 0.2) is 0 Å². The van der Waals surface area contributed by atoms with Crippen LogP contribution in [0.1, 0.15) is 42.3 Å². The zero-order valence-corrected chi connectivity index (χ0v) is 13.3. The minimum atomic E-state index is -0.380. The lowest BCUT2D eigenvalue weighted by Gasteiger charge is -2.15. The first-order valence-electron chi connectivity index (χ1n) is 7.48. The summed E-state index contributed by atoms with van der Waals surface area (Å²) in [6.07, 6.45) is 5.33. The molecule has 0 radical (unpaired) electrons. The molecule has 6 heteroatoms. The largest absolute Gasteiger partial charge is 0.492 e. The number of hydrogen-bond donors (Lipinski definition) is 2. The predicted molar refractivity (Wildman–Crippen MR) is 84.1 cm³/mol. The Labute approximate surface area is 128 Å². The van der Waals surface area contributed by atoms with E-state index in [0.717, 1.165) is 17.5 Å². The summed E-state index contributed by atoms with van der Waals surface area (Å²) in [6, 6.07) is 0. The number of nitrogens with two attached hydrogens (primary N) is 1. The first-order valence-corrected chi connectivity index (χ1v) is 8.30. The van der Waals surface area contributed by atoms with Gasteiger partial charge in [0.25, 0.3) is 0 Å². The zero-order chi connectivity index (χ0) is 15.0. The lowest BCUT2D eigenvalue weighted by molar-refractivity contribution is 0.0533. The van der Waals surface area contributed by atoms with Gasteiger partial charge in [0.15, 0.2) is 5.75 Å². The van der Waals surface area contributed by atoms with Gasteiger partial charge >= 0.3 is 5.97 Å². The third kappa shape index (κ3) is 2.69. The van der Waals surface area contributed by atoms with Gasteiger partial charge in [-0.3, -0.25) is 0 Å². The van der Waals surface area contributed by atoms with Crippen molar-refractivity contribution in [3.63, 3.8) is 0 Å². The van der Waals surface area contributed by atoms with E-state index >= 15 is 0 Å². The van der Waals surface area contributed by atoms with E-state index in [0.29, 0.717) is 28.3 Å². The molecule has 2 saturated carbocycles.